The lowest BCUT2D eigenvalue weighted by molar-refractivity contribution is -0.139. The number of hydrogen-bond acceptors (Lipinski definition) is 9. The molecule has 1 amide bonds. The molecule has 12 heteroatoms. The number of benzene rings is 1. The zero-order valence-electron chi connectivity index (χ0n) is 19.0. The van der Waals surface area contributed by atoms with Crippen LogP contribution in [0.5, 0.6) is 0 Å². The number of ether oxygens (including phenoxy) is 2. The average molecular weight is 474 g/mol. The summed E-state index contributed by atoms with van der Waals surface area (Å²) in [6.07, 6.45) is 3.82. The van der Waals surface area contributed by atoms with Crippen molar-refractivity contribution in [2.24, 2.45) is 5.73 Å². The Hall–Kier alpha value is -3.54. The first-order chi connectivity index (χ1) is 16.3. The van der Waals surface area contributed by atoms with Crippen LogP contribution < -0.4 is 10.6 Å². The summed E-state index contributed by atoms with van der Waals surface area (Å²) in [5, 5.41) is 7.71. The van der Waals surface area contributed by atoms with Crippen LogP contribution in [0.15, 0.2) is 24.5 Å². The van der Waals surface area contributed by atoms with Crippen molar-refractivity contribution in [1.82, 2.24) is 19.9 Å². The van der Waals surface area contributed by atoms with Crippen molar-refractivity contribution in [3.63, 3.8) is 0 Å². The van der Waals surface area contributed by atoms with Crippen LogP contribution in [0.3, 0.4) is 0 Å². The maximum Gasteiger partial charge on any atom is 0.410 e. The van der Waals surface area contributed by atoms with Crippen LogP contribution >= 0.6 is 0 Å². The van der Waals surface area contributed by atoms with Gasteiger partial charge in [0.25, 0.3) is 0 Å². The third-order valence-electron chi connectivity index (χ3n) is 6.16. The highest BCUT2D eigenvalue weighted by molar-refractivity contribution is 5.99. The quantitative estimate of drug-likeness (QED) is 0.469. The third kappa shape index (κ3) is 4.58. The number of likely N-dealkylation sites (N-methyl/N-ethyl adjacent to an activating group) is 1. The maximum absolute atomic E-state index is 16.0. The van der Waals surface area contributed by atoms with Crippen molar-refractivity contribution in [1.29, 1.82) is 0 Å². The molecule has 0 saturated carbocycles. The van der Waals surface area contributed by atoms with Crippen molar-refractivity contribution in [3.8, 4) is 0 Å². The van der Waals surface area contributed by atoms with Gasteiger partial charge in [0, 0.05) is 32.3 Å². The summed E-state index contributed by atoms with van der Waals surface area (Å²) in [5.41, 5.74) is 6.76. The third-order valence-corrected chi connectivity index (χ3v) is 6.16. The highest BCUT2D eigenvalue weighted by atomic mass is 19.1. The van der Waals surface area contributed by atoms with Crippen LogP contribution in [-0.2, 0) is 20.8 Å². The number of Topliss-reactive ketones (excluding diaryl/α,β-unsaturated/α-hetero) is 1. The van der Waals surface area contributed by atoms with Crippen LogP contribution in [-0.4, -0.2) is 70.2 Å². The first-order valence-corrected chi connectivity index (χ1v) is 11.1. The molecule has 3 heterocycles. The smallest absolute Gasteiger partial charge is 0.410 e. The Labute approximate surface area is 195 Å². The molecule has 11 nitrogen and oxygen atoms in total. The Morgan fingerprint density at radius 1 is 1.32 bits per heavy atom. The van der Waals surface area contributed by atoms with Crippen LogP contribution in [0.2, 0.25) is 0 Å². The molecule has 2 aliphatic rings. The predicted octanol–water partition coefficient (Wildman–Crippen LogP) is 1.63. The highest BCUT2D eigenvalue weighted by Crippen LogP contribution is 2.41. The molecule has 2 saturated heterocycles. The van der Waals surface area contributed by atoms with Gasteiger partial charge in [-0.2, -0.15) is 0 Å². The fourth-order valence-electron chi connectivity index (χ4n) is 4.51. The Morgan fingerprint density at radius 2 is 2.12 bits per heavy atom. The molecule has 0 radical (unpaired) electrons. The number of cyclic esters (lactones) is 1. The molecule has 0 aliphatic carbocycles. The molecular weight excluding hydrogens is 447 g/mol. The summed E-state index contributed by atoms with van der Waals surface area (Å²) in [5.74, 6) is -2.07. The largest absolute Gasteiger partial charge is 0.457 e. The van der Waals surface area contributed by atoms with E-state index in [9.17, 15) is 14.4 Å². The van der Waals surface area contributed by atoms with Gasteiger partial charge in [0.05, 0.1) is 30.2 Å². The van der Waals surface area contributed by atoms with Crippen molar-refractivity contribution in [2.45, 2.75) is 51.0 Å². The summed E-state index contributed by atoms with van der Waals surface area (Å²) < 4.78 is 27.9. The van der Waals surface area contributed by atoms with E-state index in [1.54, 1.807) is 24.2 Å². The zero-order valence-corrected chi connectivity index (χ0v) is 19.0. The van der Waals surface area contributed by atoms with Crippen LogP contribution in [0.1, 0.15) is 48.1 Å². The molecule has 182 valence electrons. The van der Waals surface area contributed by atoms with Gasteiger partial charge < -0.3 is 25.0 Å². The summed E-state index contributed by atoms with van der Waals surface area (Å²) in [6.45, 7) is 1.30. The number of ketones is 1. The summed E-state index contributed by atoms with van der Waals surface area (Å²) >= 11 is 0. The van der Waals surface area contributed by atoms with Gasteiger partial charge >= 0.3 is 12.1 Å². The van der Waals surface area contributed by atoms with Gasteiger partial charge in [-0.05, 0) is 25.3 Å². The van der Waals surface area contributed by atoms with E-state index in [-0.39, 0.29) is 17.8 Å². The standard InChI is InChI=1S/C22H27FN6O5/c1-13(30)33-12-16(31)14-6-7-15(21(19(14)23)29-9-4-3-5-18(29)24)20-17(34-22(32)27(20)2)11-28-10-8-25-26-28/h6-8,10,17-18,20H,3-5,9,11-12,24H2,1-2H3. The minimum Gasteiger partial charge on any atom is -0.457 e. The van der Waals surface area contributed by atoms with E-state index < -0.39 is 48.6 Å². The van der Waals surface area contributed by atoms with Gasteiger partial charge in [-0.25, -0.2) is 13.9 Å². The average Bonchev–Trinajstić information content (AvgIpc) is 3.40. The molecule has 2 aromatic rings. The topological polar surface area (TPSA) is 133 Å². The number of rotatable bonds is 7. The van der Waals surface area contributed by atoms with Gasteiger partial charge in [0.1, 0.15) is 12.1 Å². The Balaban J connectivity index is 1.78. The normalized spacial score (nSPS) is 22.6. The van der Waals surface area contributed by atoms with E-state index in [1.165, 1.54) is 28.8 Å². The van der Waals surface area contributed by atoms with E-state index in [4.69, 9.17) is 15.2 Å². The van der Waals surface area contributed by atoms with Gasteiger partial charge in [-0.3, -0.25) is 9.59 Å². The number of nitrogens with two attached hydrogens (primary N) is 1. The molecule has 0 spiro atoms. The first-order valence-electron chi connectivity index (χ1n) is 11.1. The Morgan fingerprint density at radius 3 is 2.79 bits per heavy atom. The molecule has 3 atom stereocenters. The number of aromatic nitrogens is 3. The molecule has 0 bridgehead atoms. The second kappa shape index (κ2) is 9.75. The minimum atomic E-state index is -0.765. The molecule has 2 aliphatic heterocycles. The SMILES string of the molecule is CC(=O)OCC(=O)c1ccc(C2C(Cn3ccnn3)OC(=O)N2C)c(N2CCCCC2N)c1F. The zero-order chi connectivity index (χ0) is 24.4. The number of piperidine rings is 1. The van der Waals surface area contributed by atoms with Crippen molar-refractivity contribution in [2.75, 3.05) is 25.1 Å². The molecule has 1 aromatic carbocycles. The second-order valence-electron chi connectivity index (χ2n) is 8.43. The number of halogens is 1. The van der Waals surface area contributed by atoms with E-state index in [0.29, 0.717) is 18.5 Å². The minimum absolute atomic E-state index is 0.152. The highest BCUT2D eigenvalue weighted by Gasteiger charge is 2.44. The number of carbonyl (C=O) groups is 3. The summed E-state index contributed by atoms with van der Waals surface area (Å²) in [4.78, 5) is 39.4. The molecule has 4 rings (SSSR count). The number of hydrogen-bond donors (Lipinski definition) is 1. The van der Waals surface area contributed by atoms with E-state index >= 15 is 4.39 Å². The molecule has 3 unspecified atom stereocenters. The summed E-state index contributed by atoms with van der Waals surface area (Å²) in [7, 11) is 1.58. The number of esters is 1. The number of carbonyl (C=O) groups excluding carboxylic acids is 3. The lowest BCUT2D eigenvalue weighted by Gasteiger charge is -2.38. The van der Waals surface area contributed by atoms with Crippen molar-refractivity contribution < 1.29 is 28.2 Å². The summed E-state index contributed by atoms with van der Waals surface area (Å²) in [6, 6.07) is 2.30. The number of amides is 1. The van der Waals surface area contributed by atoms with E-state index in [2.05, 4.69) is 10.3 Å². The van der Waals surface area contributed by atoms with Crippen LogP contribution in [0.25, 0.3) is 0 Å². The van der Waals surface area contributed by atoms with Crippen LogP contribution in [0.4, 0.5) is 14.9 Å². The van der Waals surface area contributed by atoms with Crippen molar-refractivity contribution >= 4 is 23.5 Å². The molecule has 34 heavy (non-hydrogen) atoms. The number of anilines is 1. The monoisotopic (exact) mass is 474 g/mol. The van der Waals surface area contributed by atoms with Crippen molar-refractivity contribution in [3.05, 3.63) is 41.5 Å². The van der Waals surface area contributed by atoms with Crippen LogP contribution in [0, 0.1) is 5.82 Å². The van der Waals surface area contributed by atoms with E-state index in [0.717, 1.165) is 12.8 Å². The predicted molar refractivity (Wildman–Crippen MR) is 117 cm³/mol. The van der Waals surface area contributed by atoms with Gasteiger partial charge in [-0.1, -0.05) is 11.3 Å². The molecule has 2 N–H and O–H groups in total. The lowest BCUT2D eigenvalue weighted by atomic mass is 9.93. The Kier molecular flexibility index (Phi) is 6.77. The molecule has 1 aromatic heterocycles. The van der Waals surface area contributed by atoms with E-state index in [1.807, 2.05) is 0 Å². The lowest BCUT2D eigenvalue weighted by Crippen LogP contribution is -2.47. The van der Waals surface area contributed by atoms with Gasteiger partial charge in [0.15, 0.2) is 12.4 Å². The van der Waals surface area contributed by atoms with Gasteiger partial charge in [-0.15, -0.1) is 5.10 Å². The fraction of sp³-hybridized carbons (Fsp3) is 0.500. The maximum atomic E-state index is 16.0. The second-order valence-corrected chi connectivity index (χ2v) is 8.43. The number of nitrogens with zero attached hydrogens (tertiary/aromatic N) is 5. The fourth-order valence-corrected chi connectivity index (χ4v) is 4.51. The molecular formula is C22H27FN6O5. The molecule has 2 fully saturated rings. The van der Waals surface area contributed by atoms with Gasteiger partial charge in [0.2, 0.25) is 5.78 Å². The Bertz CT molecular complexity index is 1080. The first kappa shape index (κ1) is 23.6.